The van der Waals surface area contributed by atoms with E-state index in [0.717, 1.165) is 22.3 Å². The third-order valence-electron chi connectivity index (χ3n) is 5.81. The zero-order chi connectivity index (χ0) is 24.8. The first-order valence-corrected chi connectivity index (χ1v) is 11.3. The van der Waals surface area contributed by atoms with Gasteiger partial charge >= 0.3 is 12.1 Å². The highest BCUT2D eigenvalue weighted by Gasteiger charge is 2.29. The van der Waals surface area contributed by atoms with Crippen molar-refractivity contribution in [2.45, 2.75) is 24.9 Å². The Kier molecular flexibility index (Phi) is 7.42. The molecular formula is C27H26N2O6. The zero-order valence-electron chi connectivity index (χ0n) is 18.9. The summed E-state index contributed by atoms with van der Waals surface area (Å²) in [6.45, 7) is 0.00622. The van der Waals surface area contributed by atoms with Crippen LogP contribution in [0.3, 0.4) is 0 Å². The van der Waals surface area contributed by atoms with Gasteiger partial charge in [-0.25, -0.2) is 4.79 Å². The second-order valence-electron chi connectivity index (χ2n) is 8.38. The van der Waals surface area contributed by atoms with Gasteiger partial charge in [0.15, 0.2) is 0 Å². The number of hydrogen-bond donors (Lipinski definition) is 4. The van der Waals surface area contributed by atoms with E-state index in [1.165, 1.54) is 0 Å². The van der Waals surface area contributed by atoms with Gasteiger partial charge in [-0.05, 0) is 39.9 Å². The molecule has 3 aromatic carbocycles. The van der Waals surface area contributed by atoms with E-state index in [4.69, 9.17) is 9.84 Å². The average Bonchev–Trinajstić information content (AvgIpc) is 3.15. The number of benzene rings is 3. The second-order valence-corrected chi connectivity index (χ2v) is 8.38. The lowest BCUT2D eigenvalue weighted by atomic mass is 9.98. The molecule has 4 rings (SSSR count). The van der Waals surface area contributed by atoms with Crippen LogP contribution in [0.4, 0.5) is 10.5 Å². The molecule has 3 aromatic rings. The summed E-state index contributed by atoms with van der Waals surface area (Å²) < 4.78 is 5.43. The number of alkyl carbamates (subject to hydrolysis) is 1. The highest BCUT2D eigenvalue weighted by molar-refractivity contribution is 5.91. The van der Waals surface area contributed by atoms with Crippen LogP contribution in [0, 0.1) is 0 Å². The van der Waals surface area contributed by atoms with Gasteiger partial charge in [0.05, 0.1) is 18.9 Å². The van der Waals surface area contributed by atoms with E-state index in [1.54, 1.807) is 24.3 Å². The molecule has 35 heavy (non-hydrogen) atoms. The Labute approximate surface area is 202 Å². The number of carboxylic acid groups (broad SMARTS) is 1. The van der Waals surface area contributed by atoms with Crippen molar-refractivity contribution in [2.24, 2.45) is 0 Å². The first-order valence-electron chi connectivity index (χ1n) is 11.3. The van der Waals surface area contributed by atoms with Crippen molar-refractivity contribution in [1.82, 2.24) is 5.32 Å². The number of ether oxygens (including phenoxy) is 1. The fourth-order valence-corrected chi connectivity index (χ4v) is 4.28. The number of carbonyl (C=O) groups excluding carboxylic acids is 2. The van der Waals surface area contributed by atoms with Crippen LogP contribution in [0.1, 0.15) is 29.0 Å². The molecule has 2 amide bonds. The smallest absolute Gasteiger partial charge is 0.407 e. The zero-order valence-corrected chi connectivity index (χ0v) is 18.9. The predicted molar refractivity (Wildman–Crippen MR) is 130 cm³/mol. The average molecular weight is 475 g/mol. The molecule has 1 unspecified atom stereocenters. The molecular weight excluding hydrogens is 448 g/mol. The molecule has 1 aliphatic carbocycles. The van der Waals surface area contributed by atoms with E-state index >= 15 is 0 Å². The number of aliphatic hydroxyl groups excluding tert-OH is 1. The van der Waals surface area contributed by atoms with Crippen molar-refractivity contribution in [1.29, 1.82) is 0 Å². The topological polar surface area (TPSA) is 125 Å². The maximum Gasteiger partial charge on any atom is 0.407 e. The van der Waals surface area contributed by atoms with Crippen molar-refractivity contribution >= 4 is 23.7 Å². The Balaban J connectivity index is 1.24. The Bertz CT molecular complexity index is 1200. The van der Waals surface area contributed by atoms with E-state index in [9.17, 15) is 19.5 Å². The summed E-state index contributed by atoms with van der Waals surface area (Å²) in [7, 11) is 0. The summed E-state index contributed by atoms with van der Waals surface area (Å²) in [6.07, 6.45) is -2.19. The van der Waals surface area contributed by atoms with Gasteiger partial charge in [-0.3, -0.25) is 9.59 Å². The second kappa shape index (κ2) is 10.8. The third-order valence-corrected chi connectivity index (χ3v) is 5.81. The van der Waals surface area contributed by atoms with Gasteiger partial charge in [0.25, 0.3) is 0 Å². The van der Waals surface area contributed by atoms with Gasteiger partial charge in [0.2, 0.25) is 5.91 Å². The SMILES string of the molecule is O=C(O)Cc1cccc(NC(=O)CC(O)CNC(=O)OCC2c3ccccc3-c3ccccc32)c1. The van der Waals surface area contributed by atoms with Crippen molar-refractivity contribution in [2.75, 3.05) is 18.5 Å². The number of carbonyl (C=O) groups is 3. The maximum absolute atomic E-state index is 12.2. The maximum atomic E-state index is 12.2. The normalized spacial score (nSPS) is 12.8. The lowest BCUT2D eigenvalue weighted by molar-refractivity contribution is -0.136. The molecule has 0 aromatic heterocycles. The lowest BCUT2D eigenvalue weighted by Gasteiger charge is -2.16. The van der Waals surface area contributed by atoms with Crippen LogP contribution in [-0.4, -0.2) is 47.4 Å². The Morgan fingerprint density at radius 1 is 0.914 bits per heavy atom. The van der Waals surface area contributed by atoms with E-state index in [-0.39, 0.29) is 31.9 Å². The molecule has 0 spiro atoms. The highest BCUT2D eigenvalue weighted by atomic mass is 16.5. The molecule has 0 saturated carbocycles. The number of rotatable bonds is 9. The van der Waals surface area contributed by atoms with Crippen molar-refractivity contribution in [3.8, 4) is 11.1 Å². The van der Waals surface area contributed by atoms with E-state index < -0.39 is 24.1 Å². The number of nitrogens with one attached hydrogen (secondary N) is 2. The summed E-state index contributed by atoms with van der Waals surface area (Å²) in [5, 5.41) is 24.2. The van der Waals surface area contributed by atoms with Gasteiger partial charge in [0, 0.05) is 18.2 Å². The molecule has 8 nitrogen and oxygen atoms in total. The summed E-state index contributed by atoms with van der Waals surface area (Å²) >= 11 is 0. The molecule has 4 N–H and O–H groups in total. The number of fused-ring (bicyclic) bond motifs is 3. The molecule has 0 bridgehead atoms. The van der Waals surface area contributed by atoms with E-state index in [0.29, 0.717) is 11.3 Å². The minimum Gasteiger partial charge on any atom is -0.481 e. The van der Waals surface area contributed by atoms with Crippen LogP contribution >= 0.6 is 0 Å². The summed E-state index contributed by atoms with van der Waals surface area (Å²) in [4.78, 5) is 35.3. The number of aliphatic carboxylic acids is 1. The van der Waals surface area contributed by atoms with Gasteiger partial charge in [-0.2, -0.15) is 0 Å². The first kappa shape index (κ1) is 24.0. The summed E-state index contributed by atoms with van der Waals surface area (Å²) in [5.41, 5.74) is 5.45. The lowest BCUT2D eigenvalue weighted by Crippen LogP contribution is -2.35. The predicted octanol–water partition coefficient (Wildman–Crippen LogP) is 3.54. The van der Waals surface area contributed by atoms with Crippen LogP contribution < -0.4 is 10.6 Å². The molecule has 1 aliphatic rings. The Hall–Kier alpha value is -4.17. The molecule has 0 saturated heterocycles. The molecule has 0 radical (unpaired) electrons. The number of amides is 2. The minimum atomic E-state index is -1.11. The van der Waals surface area contributed by atoms with Gasteiger partial charge in [-0.1, -0.05) is 60.7 Å². The Morgan fingerprint density at radius 3 is 2.23 bits per heavy atom. The molecule has 8 heteroatoms. The molecule has 1 atom stereocenters. The van der Waals surface area contributed by atoms with Crippen LogP contribution in [0.25, 0.3) is 11.1 Å². The summed E-state index contributed by atoms with van der Waals surface area (Å²) in [5.74, 6) is -1.50. The van der Waals surface area contributed by atoms with Gasteiger partial charge in [-0.15, -0.1) is 0 Å². The van der Waals surface area contributed by atoms with Gasteiger partial charge in [0.1, 0.15) is 6.61 Å². The molecule has 0 aliphatic heterocycles. The Morgan fingerprint density at radius 2 is 1.57 bits per heavy atom. The third kappa shape index (κ3) is 6.04. The molecule has 0 heterocycles. The standard InChI is InChI=1S/C27H26N2O6/c30-19(14-25(31)29-18-7-5-6-17(12-18)13-26(32)33)15-28-27(34)35-16-24-22-10-3-1-8-20(22)21-9-2-4-11-23(21)24/h1-12,19,24,30H,13-16H2,(H,28,34)(H,29,31)(H,32,33). The molecule has 0 fully saturated rings. The fraction of sp³-hybridized carbons (Fsp3) is 0.222. The van der Waals surface area contributed by atoms with Crippen LogP contribution in [-0.2, 0) is 20.7 Å². The minimum absolute atomic E-state index is 0.0688. The fourth-order valence-electron chi connectivity index (χ4n) is 4.28. The van der Waals surface area contributed by atoms with Crippen LogP contribution in [0.2, 0.25) is 0 Å². The first-order chi connectivity index (χ1) is 16.9. The number of aliphatic hydroxyl groups is 1. The van der Waals surface area contributed by atoms with Crippen LogP contribution in [0.5, 0.6) is 0 Å². The number of carboxylic acids is 1. The number of hydrogen-bond acceptors (Lipinski definition) is 5. The van der Waals surface area contributed by atoms with Crippen molar-refractivity contribution in [3.05, 3.63) is 89.5 Å². The van der Waals surface area contributed by atoms with E-state index in [1.807, 2.05) is 36.4 Å². The monoisotopic (exact) mass is 474 g/mol. The highest BCUT2D eigenvalue weighted by Crippen LogP contribution is 2.44. The molecule has 180 valence electrons. The largest absolute Gasteiger partial charge is 0.481 e. The quantitative estimate of drug-likeness (QED) is 0.376. The van der Waals surface area contributed by atoms with Gasteiger partial charge < -0.3 is 25.6 Å². The van der Waals surface area contributed by atoms with Crippen LogP contribution in [0.15, 0.2) is 72.8 Å². The van der Waals surface area contributed by atoms with E-state index in [2.05, 4.69) is 22.8 Å². The van der Waals surface area contributed by atoms with Crippen molar-refractivity contribution < 1.29 is 29.3 Å². The number of anilines is 1. The summed E-state index contributed by atoms with van der Waals surface area (Å²) in [6, 6.07) is 22.5. The van der Waals surface area contributed by atoms with Crippen molar-refractivity contribution in [3.63, 3.8) is 0 Å².